The molecule has 0 aromatic heterocycles. The zero-order valence-corrected chi connectivity index (χ0v) is 27.1. The Morgan fingerprint density at radius 2 is 1.54 bits per heavy atom. The van der Waals surface area contributed by atoms with Crippen LogP contribution in [0.1, 0.15) is 73.2 Å². The summed E-state index contributed by atoms with van der Waals surface area (Å²) in [6.45, 7) is 4.29. The normalized spacial score (nSPS) is 22.4. The molecule has 2 amide bonds. The molecule has 3 atom stereocenters. The number of carbonyl (C=O) groups is 2. The van der Waals surface area contributed by atoms with Crippen LogP contribution in [-0.2, 0) is 41.7 Å². The lowest BCUT2D eigenvalue weighted by molar-refractivity contribution is -0.255. The molecular formula is C37H45N3O8. The number of ether oxygens (including phenoxy) is 4. The largest absolute Gasteiger partial charge is 0.392 e. The van der Waals surface area contributed by atoms with E-state index >= 15 is 0 Å². The van der Waals surface area contributed by atoms with Gasteiger partial charge in [0.05, 0.1) is 32.0 Å². The maximum absolute atomic E-state index is 12.2. The third-order valence-electron chi connectivity index (χ3n) is 9.37. The van der Waals surface area contributed by atoms with Gasteiger partial charge in [0.15, 0.2) is 12.1 Å². The fraction of sp³-hybridized carbons (Fsp3) is 0.459. The van der Waals surface area contributed by atoms with E-state index in [0.717, 1.165) is 72.3 Å². The molecule has 0 aliphatic carbocycles. The van der Waals surface area contributed by atoms with E-state index in [1.54, 1.807) is 5.48 Å². The first-order valence-corrected chi connectivity index (χ1v) is 16.8. The lowest BCUT2D eigenvalue weighted by Crippen LogP contribution is -2.48. The number of hydrogen-bond acceptors (Lipinski definition) is 9. The lowest BCUT2D eigenvalue weighted by Gasteiger charge is -2.41. The average Bonchev–Trinajstić information content (AvgIpc) is 3.59. The van der Waals surface area contributed by atoms with Gasteiger partial charge >= 0.3 is 0 Å². The van der Waals surface area contributed by atoms with Crippen LogP contribution in [0.2, 0.25) is 0 Å². The predicted octanol–water partition coefficient (Wildman–Crippen LogP) is 4.52. The molecule has 3 saturated heterocycles. The summed E-state index contributed by atoms with van der Waals surface area (Å²) in [4.78, 5) is 25.8. The van der Waals surface area contributed by atoms with Crippen LogP contribution in [0.5, 0.6) is 0 Å². The van der Waals surface area contributed by atoms with Gasteiger partial charge in [-0.2, -0.15) is 0 Å². The number of carbonyl (C=O) groups excluding carboxylic acids is 2. The third-order valence-corrected chi connectivity index (χ3v) is 9.37. The molecule has 256 valence electrons. The Morgan fingerprint density at radius 1 is 0.833 bits per heavy atom. The molecule has 4 N–H and O–H groups in total. The minimum atomic E-state index is -0.539. The molecule has 11 heteroatoms. The van der Waals surface area contributed by atoms with E-state index in [-0.39, 0.29) is 37.6 Å². The smallest absolute Gasteiger partial charge is 0.243 e. The lowest BCUT2D eigenvalue weighted by atomic mass is 9.98. The van der Waals surface area contributed by atoms with Crippen molar-refractivity contribution in [2.75, 3.05) is 32.8 Å². The van der Waals surface area contributed by atoms with Crippen molar-refractivity contribution in [2.45, 2.75) is 76.0 Å². The summed E-state index contributed by atoms with van der Waals surface area (Å²) >= 11 is 0. The maximum Gasteiger partial charge on any atom is 0.243 e. The van der Waals surface area contributed by atoms with Gasteiger partial charge in [-0.15, -0.1) is 0 Å². The van der Waals surface area contributed by atoms with Crippen LogP contribution in [0.25, 0.3) is 11.1 Å². The van der Waals surface area contributed by atoms with Crippen LogP contribution in [0.3, 0.4) is 0 Å². The molecular weight excluding hydrogens is 614 g/mol. The van der Waals surface area contributed by atoms with Gasteiger partial charge in [-0.05, 0) is 40.3 Å². The highest BCUT2D eigenvalue weighted by Crippen LogP contribution is 2.39. The van der Waals surface area contributed by atoms with Crippen LogP contribution < -0.4 is 10.8 Å². The van der Waals surface area contributed by atoms with Crippen molar-refractivity contribution in [3.05, 3.63) is 95.1 Å². The van der Waals surface area contributed by atoms with Crippen LogP contribution in [0.15, 0.2) is 72.8 Å². The number of rotatable bonds is 12. The van der Waals surface area contributed by atoms with Crippen LogP contribution in [0, 0.1) is 0 Å². The van der Waals surface area contributed by atoms with E-state index in [1.165, 1.54) is 0 Å². The number of nitrogens with one attached hydrogen (secondary N) is 2. The highest BCUT2D eigenvalue weighted by atomic mass is 16.7. The number of hydroxylamine groups is 1. The van der Waals surface area contributed by atoms with Crippen LogP contribution in [0.4, 0.5) is 0 Å². The fourth-order valence-electron chi connectivity index (χ4n) is 6.63. The van der Waals surface area contributed by atoms with Crippen LogP contribution in [-0.4, -0.2) is 71.8 Å². The zero-order valence-electron chi connectivity index (χ0n) is 27.1. The van der Waals surface area contributed by atoms with E-state index in [1.807, 2.05) is 54.6 Å². The third kappa shape index (κ3) is 8.86. The Kier molecular flexibility index (Phi) is 11.5. The first-order valence-electron chi connectivity index (χ1n) is 16.8. The van der Waals surface area contributed by atoms with Gasteiger partial charge in [-0.25, -0.2) is 5.48 Å². The summed E-state index contributed by atoms with van der Waals surface area (Å²) < 4.78 is 25.0. The molecule has 3 aliphatic heterocycles. The zero-order chi connectivity index (χ0) is 33.3. The molecule has 3 aromatic rings. The number of likely N-dealkylation sites (tertiary alicyclic amines) is 1. The van der Waals surface area contributed by atoms with Crippen molar-refractivity contribution in [1.29, 1.82) is 0 Å². The monoisotopic (exact) mass is 659 g/mol. The first-order chi connectivity index (χ1) is 23.4. The second-order valence-corrected chi connectivity index (χ2v) is 12.7. The highest BCUT2D eigenvalue weighted by Gasteiger charge is 2.41. The van der Waals surface area contributed by atoms with E-state index in [9.17, 15) is 14.7 Å². The quantitative estimate of drug-likeness (QED) is 0.163. The molecule has 0 bridgehead atoms. The van der Waals surface area contributed by atoms with E-state index in [4.69, 9.17) is 24.2 Å². The van der Waals surface area contributed by atoms with Crippen molar-refractivity contribution >= 4 is 11.8 Å². The van der Waals surface area contributed by atoms with Gasteiger partial charge in [-0.3, -0.25) is 14.8 Å². The second-order valence-electron chi connectivity index (χ2n) is 12.7. The van der Waals surface area contributed by atoms with Gasteiger partial charge < -0.3 is 34.3 Å². The Bertz CT molecular complexity index is 1500. The average molecular weight is 660 g/mol. The van der Waals surface area contributed by atoms with Gasteiger partial charge in [0.1, 0.15) is 0 Å². The van der Waals surface area contributed by atoms with E-state index in [2.05, 4.69) is 28.4 Å². The predicted molar refractivity (Wildman–Crippen MR) is 176 cm³/mol. The Balaban J connectivity index is 1.10. The standard InChI is InChI=1S/C37H45N3O8/c41-25-26-7-9-29(10-8-26)33-22-32(24-40-17-15-37(16-18-40)45-19-20-46-37)47-36(48-33)30-13-11-28(12-14-30)31-4-1-3-27(21-31)23-38-34(42)5-2-6-35(43)39-44/h1,3-4,7-14,21,32-33,36,41,44H,2,5-6,15-20,22-25H2,(H,38,42)(H,39,43). The Hall–Kier alpha value is -3.68. The molecule has 3 aromatic carbocycles. The molecule has 3 heterocycles. The number of nitrogens with zero attached hydrogens (tertiary/aromatic N) is 1. The minimum Gasteiger partial charge on any atom is -0.392 e. The van der Waals surface area contributed by atoms with Crippen molar-refractivity contribution in [3.63, 3.8) is 0 Å². The Labute approximate surface area is 281 Å². The SMILES string of the molecule is O=C(CCCC(=O)NCc1cccc(-c2ccc(C3OC(CN4CCC5(CC4)OCCO5)CC(c4ccc(CO)cc4)O3)cc2)c1)NO. The molecule has 6 rings (SSSR count). The number of piperidine rings is 1. The van der Waals surface area contributed by atoms with Gasteiger partial charge in [-0.1, -0.05) is 66.7 Å². The topological polar surface area (TPSA) is 139 Å². The Morgan fingerprint density at radius 3 is 2.25 bits per heavy atom. The molecule has 1 spiro atoms. The summed E-state index contributed by atoms with van der Waals surface area (Å²) in [5.74, 6) is -1.06. The van der Waals surface area contributed by atoms with Crippen molar-refractivity contribution in [2.24, 2.45) is 0 Å². The van der Waals surface area contributed by atoms with E-state index in [0.29, 0.717) is 26.2 Å². The number of aliphatic hydroxyl groups is 1. The summed E-state index contributed by atoms with van der Waals surface area (Å²) in [5, 5.41) is 21.0. The van der Waals surface area contributed by atoms with E-state index < -0.39 is 18.0 Å². The van der Waals surface area contributed by atoms with Gasteiger partial charge in [0.25, 0.3) is 0 Å². The van der Waals surface area contributed by atoms with Crippen molar-refractivity contribution in [1.82, 2.24) is 15.7 Å². The summed E-state index contributed by atoms with van der Waals surface area (Å²) in [6.07, 6.45) is 2.36. The van der Waals surface area contributed by atoms with Gasteiger partial charge in [0, 0.05) is 63.8 Å². The maximum atomic E-state index is 12.2. The van der Waals surface area contributed by atoms with Crippen molar-refractivity contribution < 1.29 is 38.9 Å². The summed E-state index contributed by atoms with van der Waals surface area (Å²) in [7, 11) is 0. The number of hydrogen-bond donors (Lipinski definition) is 4. The highest BCUT2D eigenvalue weighted by molar-refractivity contribution is 5.78. The number of amides is 2. The molecule has 48 heavy (non-hydrogen) atoms. The number of benzene rings is 3. The summed E-state index contributed by atoms with van der Waals surface area (Å²) in [5.41, 5.74) is 7.46. The van der Waals surface area contributed by atoms with Gasteiger partial charge in [0.2, 0.25) is 11.8 Å². The molecule has 3 fully saturated rings. The molecule has 0 saturated carbocycles. The number of aliphatic hydroxyl groups excluding tert-OH is 1. The van der Waals surface area contributed by atoms with Crippen molar-refractivity contribution in [3.8, 4) is 11.1 Å². The molecule has 0 radical (unpaired) electrons. The second kappa shape index (κ2) is 16.1. The molecule has 3 aliphatic rings. The minimum absolute atomic E-state index is 0.00132. The molecule has 11 nitrogen and oxygen atoms in total. The van der Waals surface area contributed by atoms with Crippen LogP contribution >= 0.6 is 0 Å². The first kappa shape index (κ1) is 34.2. The molecule has 3 unspecified atom stereocenters. The fourth-order valence-corrected chi connectivity index (χ4v) is 6.63. The summed E-state index contributed by atoms with van der Waals surface area (Å²) in [6, 6.07) is 24.2.